The van der Waals surface area contributed by atoms with Crippen molar-refractivity contribution < 1.29 is 5.11 Å². The highest BCUT2D eigenvalue weighted by molar-refractivity contribution is 7.26. The van der Waals surface area contributed by atoms with E-state index in [1.54, 1.807) is 0 Å². The lowest BCUT2D eigenvalue weighted by molar-refractivity contribution is 0.446. The Morgan fingerprint density at radius 1 is 0.655 bits per heavy atom. The van der Waals surface area contributed by atoms with Gasteiger partial charge in [0.2, 0.25) is 0 Å². The summed E-state index contributed by atoms with van der Waals surface area (Å²) in [4.78, 5) is 10.5. The summed E-state index contributed by atoms with van der Waals surface area (Å²) in [7, 11) is 0. The van der Waals surface area contributed by atoms with E-state index in [1.165, 1.54) is 36.9 Å². The summed E-state index contributed by atoms with van der Waals surface area (Å²) in [6, 6.07) is 37.0. The SMILES string of the molecule is CC(C)c1cccc(C(C)C)c1-n1c(-c2cc(C(C)(C)C)cc(C(C)(C)C)c2O)nc2c(-c3cc(-c4ccccn4)cc4c3sc3ccccc34)cccc21. The third-order valence-corrected chi connectivity index (χ3v) is 12.2. The van der Waals surface area contributed by atoms with Crippen LogP contribution in [0.2, 0.25) is 0 Å². The Labute approximate surface area is 329 Å². The predicted molar refractivity (Wildman–Crippen MR) is 235 cm³/mol. The van der Waals surface area contributed by atoms with Gasteiger partial charge < -0.3 is 5.11 Å². The van der Waals surface area contributed by atoms with Crippen molar-refractivity contribution in [1.82, 2.24) is 14.5 Å². The van der Waals surface area contributed by atoms with E-state index in [1.807, 2.05) is 23.6 Å². The topological polar surface area (TPSA) is 50.9 Å². The molecule has 0 saturated carbocycles. The van der Waals surface area contributed by atoms with Gasteiger partial charge in [0.1, 0.15) is 11.6 Å². The first-order valence-corrected chi connectivity index (χ1v) is 20.3. The molecule has 5 aromatic carbocycles. The van der Waals surface area contributed by atoms with Crippen molar-refractivity contribution in [2.75, 3.05) is 0 Å². The van der Waals surface area contributed by atoms with Gasteiger partial charge in [0.05, 0.1) is 28.0 Å². The summed E-state index contributed by atoms with van der Waals surface area (Å²) in [6.45, 7) is 22.3. The first-order chi connectivity index (χ1) is 26.1. The molecule has 0 saturated heterocycles. The summed E-state index contributed by atoms with van der Waals surface area (Å²) >= 11 is 1.83. The summed E-state index contributed by atoms with van der Waals surface area (Å²) in [5.41, 5.74) is 12.2. The minimum atomic E-state index is -0.292. The number of thiophene rings is 1. The molecule has 0 aliphatic rings. The van der Waals surface area contributed by atoms with Crippen LogP contribution in [0.4, 0.5) is 0 Å². The number of phenolic OH excluding ortho intramolecular Hbond substituents is 1. The summed E-state index contributed by atoms with van der Waals surface area (Å²) in [6.07, 6.45) is 1.86. The maximum absolute atomic E-state index is 12.4. The molecule has 0 aliphatic heterocycles. The maximum atomic E-state index is 12.4. The van der Waals surface area contributed by atoms with Gasteiger partial charge in [-0.1, -0.05) is 130 Å². The van der Waals surface area contributed by atoms with Gasteiger partial charge in [-0.05, 0) is 81.8 Å². The summed E-state index contributed by atoms with van der Waals surface area (Å²) < 4.78 is 4.84. The molecule has 5 heteroatoms. The van der Waals surface area contributed by atoms with Gasteiger partial charge in [-0.2, -0.15) is 0 Å². The van der Waals surface area contributed by atoms with Crippen LogP contribution in [0.5, 0.6) is 5.75 Å². The highest BCUT2D eigenvalue weighted by Crippen LogP contribution is 2.48. The predicted octanol–water partition coefficient (Wildman–Crippen LogP) is 14.3. The van der Waals surface area contributed by atoms with Crippen LogP contribution in [-0.2, 0) is 10.8 Å². The second-order valence-corrected chi connectivity index (χ2v) is 18.7. The first kappa shape index (κ1) is 36.7. The van der Waals surface area contributed by atoms with Crippen molar-refractivity contribution in [1.29, 1.82) is 0 Å². The molecule has 0 spiro atoms. The lowest BCUT2D eigenvalue weighted by Crippen LogP contribution is -2.17. The van der Waals surface area contributed by atoms with E-state index in [4.69, 9.17) is 9.97 Å². The third-order valence-electron chi connectivity index (χ3n) is 11.0. The van der Waals surface area contributed by atoms with Crippen molar-refractivity contribution in [2.45, 2.75) is 91.9 Å². The normalized spacial score (nSPS) is 12.6. The smallest absolute Gasteiger partial charge is 0.149 e. The largest absolute Gasteiger partial charge is 0.507 e. The van der Waals surface area contributed by atoms with Gasteiger partial charge in [-0.3, -0.25) is 9.55 Å². The summed E-state index contributed by atoms with van der Waals surface area (Å²) in [5.74, 6) is 1.56. The number of fused-ring (bicyclic) bond motifs is 4. The Bertz CT molecular complexity index is 2710. The van der Waals surface area contributed by atoms with Gasteiger partial charge in [0, 0.05) is 48.6 Å². The van der Waals surface area contributed by atoms with Gasteiger partial charge in [-0.25, -0.2) is 4.98 Å². The number of imidazole rings is 1. The van der Waals surface area contributed by atoms with Crippen LogP contribution in [0.15, 0.2) is 109 Å². The average Bonchev–Trinajstić information content (AvgIpc) is 3.72. The Morgan fingerprint density at radius 2 is 1.35 bits per heavy atom. The van der Waals surface area contributed by atoms with Crippen molar-refractivity contribution in [2.24, 2.45) is 0 Å². The second-order valence-electron chi connectivity index (χ2n) is 17.7. The van der Waals surface area contributed by atoms with E-state index in [-0.39, 0.29) is 28.4 Å². The number of nitrogens with zero attached hydrogens (tertiary/aromatic N) is 3. The van der Waals surface area contributed by atoms with Crippen molar-refractivity contribution in [3.8, 4) is 45.2 Å². The van der Waals surface area contributed by atoms with Gasteiger partial charge >= 0.3 is 0 Å². The van der Waals surface area contributed by atoms with E-state index in [0.29, 0.717) is 0 Å². The fraction of sp³-hybridized carbons (Fsp3) is 0.280. The number of benzene rings is 5. The Balaban J connectivity index is 1.55. The van der Waals surface area contributed by atoms with Crippen molar-refractivity contribution in [3.63, 3.8) is 0 Å². The number of hydrogen-bond donors (Lipinski definition) is 1. The molecule has 0 bridgehead atoms. The minimum Gasteiger partial charge on any atom is -0.507 e. The van der Waals surface area contributed by atoms with E-state index >= 15 is 0 Å². The molecule has 8 aromatic rings. The Morgan fingerprint density at radius 3 is 2.00 bits per heavy atom. The lowest BCUT2D eigenvalue weighted by atomic mass is 9.79. The number of aromatic hydroxyl groups is 1. The number of pyridine rings is 1. The molecule has 4 nitrogen and oxygen atoms in total. The van der Waals surface area contributed by atoms with Crippen LogP contribution in [0.25, 0.3) is 70.7 Å². The number of rotatable bonds is 6. The van der Waals surface area contributed by atoms with Crippen LogP contribution in [0.3, 0.4) is 0 Å². The lowest BCUT2D eigenvalue weighted by Gasteiger charge is -2.28. The zero-order valence-electron chi connectivity index (χ0n) is 33.7. The molecule has 3 aromatic heterocycles. The van der Waals surface area contributed by atoms with E-state index in [0.717, 1.165) is 56.1 Å². The molecule has 1 N–H and O–H groups in total. The van der Waals surface area contributed by atoms with Gasteiger partial charge in [-0.15, -0.1) is 11.3 Å². The minimum absolute atomic E-state index is 0.151. The quantitative estimate of drug-likeness (QED) is 0.185. The van der Waals surface area contributed by atoms with Crippen LogP contribution in [-0.4, -0.2) is 19.6 Å². The standard InChI is InChI=1S/C50H51N3OS/c1-29(2)33-18-15-19-34(30(3)4)45(33)53-42-22-16-20-36(44(42)52-48(53)39-27-32(49(5,6)7)28-40(46(39)54)50(8,9)10)38-26-31(41-21-13-14-24-51-41)25-37-35-17-11-12-23-43(35)55-47(37)38/h11-30,54H,1-10H3. The molecule has 8 rings (SSSR count). The molecule has 278 valence electrons. The summed E-state index contributed by atoms with van der Waals surface area (Å²) in [5, 5.41) is 14.9. The molecule has 0 unspecified atom stereocenters. The Hall–Kier alpha value is -5.26. The Kier molecular flexibility index (Phi) is 9.00. The van der Waals surface area contributed by atoms with E-state index < -0.39 is 0 Å². The van der Waals surface area contributed by atoms with E-state index in [9.17, 15) is 5.11 Å². The zero-order chi connectivity index (χ0) is 39.0. The fourth-order valence-electron chi connectivity index (χ4n) is 8.01. The van der Waals surface area contributed by atoms with Crippen LogP contribution in [0.1, 0.15) is 103 Å². The number of para-hydroxylation sites is 2. The molecule has 0 atom stereocenters. The van der Waals surface area contributed by atoms with E-state index in [2.05, 4.69) is 171 Å². The maximum Gasteiger partial charge on any atom is 0.149 e. The van der Waals surface area contributed by atoms with Crippen LogP contribution in [0, 0.1) is 0 Å². The number of aromatic nitrogens is 3. The number of hydrogen-bond acceptors (Lipinski definition) is 4. The highest BCUT2D eigenvalue weighted by Gasteiger charge is 2.30. The van der Waals surface area contributed by atoms with Crippen LogP contribution < -0.4 is 0 Å². The molecule has 0 aliphatic carbocycles. The number of phenols is 1. The van der Waals surface area contributed by atoms with Crippen LogP contribution >= 0.6 is 11.3 Å². The first-order valence-electron chi connectivity index (χ1n) is 19.5. The molecular weight excluding hydrogens is 691 g/mol. The highest BCUT2D eigenvalue weighted by atomic mass is 32.1. The monoisotopic (exact) mass is 741 g/mol. The van der Waals surface area contributed by atoms with Gasteiger partial charge in [0.15, 0.2) is 0 Å². The van der Waals surface area contributed by atoms with Crippen molar-refractivity contribution >= 4 is 42.5 Å². The van der Waals surface area contributed by atoms with Gasteiger partial charge in [0.25, 0.3) is 0 Å². The average molecular weight is 742 g/mol. The fourth-order valence-corrected chi connectivity index (χ4v) is 9.22. The third kappa shape index (κ3) is 6.33. The molecule has 0 fully saturated rings. The van der Waals surface area contributed by atoms with Crippen molar-refractivity contribution in [3.05, 3.63) is 132 Å². The second kappa shape index (κ2) is 13.5. The molecular formula is C50H51N3OS. The molecule has 0 radical (unpaired) electrons. The zero-order valence-corrected chi connectivity index (χ0v) is 34.6. The molecule has 3 heterocycles. The molecule has 0 amide bonds. The molecule has 55 heavy (non-hydrogen) atoms.